The van der Waals surface area contributed by atoms with Crippen LogP contribution in [0.2, 0.25) is 5.02 Å². The summed E-state index contributed by atoms with van der Waals surface area (Å²) in [6, 6.07) is 13.2. The highest BCUT2D eigenvalue weighted by atomic mass is 35.5. The average molecular weight is 320 g/mol. The molecule has 0 saturated carbocycles. The monoisotopic (exact) mass is 319 g/mol. The predicted molar refractivity (Wildman–Crippen MR) is 93.6 cm³/mol. The minimum absolute atomic E-state index is 0.327. The molecular formula is C18H22ClNS. The molecule has 112 valence electrons. The molecule has 2 aromatic carbocycles. The molecule has 2 aromatic rings. The lowest BCUT2D eigenvalue weighted by Crippen LogP contribution is -2.17. The van der Waals surface area contributed by atoms with E-state index >= 15 is 0 Å². The summed E-state index contributed by atoms with van der Waals surface area (Å²) in [5.74, 6) is 0. The largest absolute Gasteiger partial charge is 0.310 e. The Bertz CT molecular complexity index is 625. The number of nitrogens with one attached hydrogen (secondary N) is 1. The van der Waals surface area contributed by atoms with Gasteiger partial charge in [0.2, 0.25) is 0 Å². The fourth-order valence-electron chi connectivity index (χ4n) is 2.33. The lowest BCUT2D eigenvalue weighted by atomic mass is 10.1. The Labute approximate surface area is 137 Å². The standard InChI is InChI=1S/C18H22ClNS/c1-5-20-14(4)15-7-9-18(16(19)11-15)21-17-8-6-12(2)10-13(17)3/h6-11,14,20H,5H2,1-4H3. The summed E-state index contributed by atoms with van der Waals surface area (Å²) >= 11 is 8.19. The Hall–Kier alpha value is -0.960. The van der Waals surface area contributed by atoms with Crippen molar-refractivity contribution >= 4 is 23.4 Å². The van der Waals surface area contributed by atoms with Gasteiger partial charge in [-0.3, -0.25) is 0 Å². The van der Waals surface area contributed by atoms with E-state index in [1.807, 2.05) is 0 Å². The molecular weight excluding hydrogens is 298 g/mol. The van der Waals surface area contributed by atoms with Crippen molar-refractivity contribution in [1.29, 1.82) is 0 Å². The molecule has 2 rings (SSSR count). The number of rotatable bonds is 5. The van der Waals surface area contributed by atoms with Crippen molar-refractivity contribution in [2.24, 2.45) is 0 Å². The first-order valence-electron chi connectivity index (χ1n) is 7.29. The van der Waals surface area contributed by atoms with Gasteiger partial charge in [-0.2, -0.15) is 0 Å². The first-order chi connectivity index (χ1) is 10.0. The molecule has 0 saturated heterocycles. The Kier molecular flexibility index (Phi) is 5.74. The van der Waals surface area contributed by atoms with Gasteiger partial charge in [0.05, 0.1) is 5.02 Å². The predicted octanol–water partition coefficient (Wildman–Crippen LogP) is 5.78. The zero-order chi connectivity index (χ0) is 15.4. The molecule has 1 N–H and O–H groups in total. The molecule has 1 atom stereocenters. The average Bonchev–Trinajstić information content (AvgIpc) is 2.44. The summed E-state index contributed by atoms with van der Waals surface area (Å²) < 4.78 is 0. The van der Waals surface area contributed by atoms with Crippen LogP contribution in [0.25, 0.3) is 0 Å². The highest BCUT2D eigenvalue weighted by Crippen LogP contribution is 2.36. The quantitative estimate of drug-likeness (QED) is 0.749. The van der Waals surface area contributed by atoms with E-state index in [0.29, 0.717) is 6.04 Å². The molecule has 0 amide bonds. The Morgan fingerprint density at radius 1 is 1.10 bits per heavy atom. The third-order valence-electron chi connectivity index (χ3n) is 3.52. The molecule has 0 fully saturated rings. The van der Waals surface area contributed by atoms with E-state index in [1.165, 1.54) is 21.6 Å². The highest BCUT2D eigenvalue weighted by Gasteiger charge is 2.09. The molecule has 21 heavy (non-hydrogen) atoms. The molecule has 0 aliphatic rings. The van der Waals surface area contributed by atoms with Crippen molar-refractivity contribution in [3.8, 4) is 0 Å². The zero-order valence-corrected chi connectivity index (χ0v) is 14.6. The maximum atomic E-state index is 6.46. The molecule has 0 heterocycles. The Morgan fingerprint density at radius 2 is 1.81 bits per heavy atom. The van der Waals surface area contributed by atoms with E-state index in [4.69, 9.17) is 11.6 Å². The van der Waals surface area contributed by atoms with Crippen molar-refractivity contribution < 1.29 is 0 Å². The van der Waals surface area contributed by atoms with E-state index in [1.54, 1.807) is 11.8 Å². The summed E-state index contributed by atoms with van der Waals surface area (Å²) in [6.45, 7) is 9.49. The number of halogens is 1. The van der Waals surface area contributed by atoms with Crippen LogP contribution in [0.1, 0.15) is 36.6 Å². The van der Waals surface area contributed by atoms with Crippen molar-refractivity contribution in [3.63, 3.8) is 0 Å². The summed E-state index contributed by atoms with van der Waals surface area (Å²) in [7, 11) is 0. The van der Waals surface area contributed by atoms with Crippen molar-refractivity contribution in [1.82, 2.24) is 5.32 Å². The lowest BCUT2D eigenvalue weighted by Gasteiger charge is -2.14. The summed E-state index contributed by atoms with van der Waals surface area (Å²) in [5.41, 5.74) is 3.81. The van der Waals surface area contributed by atoms with Gasteiger partial charge in [0.1, 0.15) is 0 Å². The van der Waals surface area contributed by atoms with Crippen LogP contribution in [0.5, 0.6) is 0 Å². The van der Waals surface area contributed by atoms with Crippen molar-refractivity contribution in [2.75, 3.05) is 6.54 Å². The van der Waals surface area contributed by atoms with Crippen LogP contribution in [-0.4, -0.2) is 6.54 Å². The molecule has 0 radical (unpaired) electrons. The van der Waals surface area contributed by atoms with Gasteiger partial charge in [0.25, 0.3) is 0 Å². The van der Waals surface area contributed by atoms with Gasteiger partial charge in [-0.1, -0.05) is 54.0 Å². The SMILES string of the molecule is CCNC(C)c1ccc(Sc2ccc(C)cc2C)c(Cl)c1. The zero-order valence-electron chi connectivity index (χ0n) is 13.0. The van der Waals surface area contributed by atoms with Crippen LogP contribution in [0.3, 0.4) is 0 Å². The van der Waals surface area contributed by atoms with Crippen LogP contribution in [0.4, 0.5) is 0 Å². The Balaban J connectivity index is 2.21. The third-order valence-corrected chi connectivity index (χ3v) is 5.20. The molecule has 0 bridgehead atoms. The molecule has 0 aromatic heterocycles. The summed E-state index contributed by atoms with van der Waals surface area (Å²) in [5, 5.41) is 4.23. The van der Waals surface area contributed by atoms with Gasteiger partial charge in [0.15, 0.2) is 0 Å². The fraction of sp³-hybridized carbons (Fsp3) is 0.333. The second-order valence-corrected chi connectivity index (χ2v) is 6.83. The van der Waals surface area contributed by atoms with E-state index in [9.17, 15) is 0 Å². The first-order valence-corrected chi connectivity index (χ1v) is 8.48. The van der Waals surface area contributed by atoms with E-state index in [2.05, 4.69) is 69.4 Å². The minimum atomic E-state index is 0.327. The van der Waals surface area contributed by atoms with Gasteiger partial charge in [0, 0.05) is 15.8 Å². The second kappa shape index (κ2) is 7.35. The van der Waals surface area contributed by atoms with Crippen LogP contribution >= 0.6 is 23.4 Å². The summed E-state index contributed by atoms with van der Waals surface area (Å²) in [6.07, 6.45) is 0. The number of hydrogen-bond acceptors (Lipinski definition) is 2. The second-order valence-electron chi connectivity index (χ2n) is 5.34. The fourth-order valence-corrected chi connectivity index (χ4v) is 3.52. The van der Waals surface area contributed by atoms with Gasteiger partial charge in [-0.15, -0.1) is 0 Å². The molecule has 0 aliphatic heterocycles. The van der Waals surface area contributed by atoms with E-state index in [0.717, 1.165) is 16.5 Å². The topological polar surface area (TPSA) is 12.0 Å². The molecule has 1 unspecified atom stereocenters. The molecule has 3 heteroatoms. The lowest BCUT2D eigenvalue weighted by molar-refractivity contribution is 0.598. The number of benzene rings is 2. The minimum Gasteiger partial charge on any atom is -0.310 e. The number of hydrogen-bond donors (Lipinski definition) is 1. The van der Waals surface area contributed by atoms with Gasteiger partial charge in [-0.05, 0) is 56.6 Å². The van der Waals surface area contributed by atoms with Gasteiger partial charge < -0.3 is 5.32 Å². The maximum Gasteiger partial charge on any atom is 0.0548 e. The van der Waals surface area contributed by atoms with Crippen molar-refractivity contribution in [3.05, 3.63) is 58.1 Å². The number of aryl methyl sites for hydroxylation is 2. The normalized spacial score (nSPS) is 12.4. The third kappa shape index (κ3) is 4.26. The van der Waals surface area contributed by atoms with Crippen LogP contribution in [0.15, 0.2) is 46.2 Å². The first kappa shape index (κ1) is 16.4. The summed E-state index contributed by atoms with van der Waals surface area (Å²) in [4.78, 5) is 2.37. The van der Waals surface area contributed by atoms with Crippen LogP contribution in [0, 0.1) is 13.8 Å². The highest BCUT2D eigenvalue weighted by molar-refractivity contribution is 7.99. The van der Waals surface area contributed by atoms with E-state index in [-0.39, 0.29) is 0 Å². The van der Waals surface area contributed by atoms with Crippen molar-refractivity contribution in [2.45, 2.75) is 43.5 Å². The molecule has 0 aliphatic carbocycles. The Morgan fingerprint density at radius 3 is 2.43 bits per heavy atom. The van der Waals surface area contributed by atoms with Gasteiger partial charge >= 0.3 is 0 Å². The smallest absolute Gasteiger partial charge is 0.0548 e. The molecule has 0 spiro atoms. The van der Waals surface area contributed by atoms with E-state index < -0.39 is 0 Å². The molecule has 1 nitrogen and oxygen atoms in total. The van der Waals surface area contributed by atoms with Crippen LogP contribution in [-0.2, 0) is 0 Å². The maximum absolute atomic E-state index is 6.46. The van der Waals surface area contributed by atoms with Crippen LogP contribution < -0.4 is 5.32 Å². The van der Waals surface area contributed by atoms with Gasteiger partial charge in [-0.25, -0.2) is 0 Å².